The first kappa shape index (κ1) is 88.5. The van der Waals surface area contributed by atoms with Crippen molar-refractivity contribution in [2.45, 2.75) is 337 Å². The maximum Gasteiger partial charge on any atom is 0.315 e. The average Bonchev–Trinajstić information content (AvgIpc) is 1.77. The summed E-state index contributed by atoms with van der Waals surface area (Å²) >= 11 is 3.36. The van der Waals surface area contributed by atoms with Gasteiger partial charge in [0.25, 0.3) is 5.95 Å². The molecule has 6 aromatic heterocycles. The molecule has 0 amide bonds. The van der Waals surface area contributed by atoms with Gasteiger partial charge in [-0.05, 0) is 109 Å². The summed E-state index contributed by atoms with van der Waals surface area (Å²) < 4.78 is 21.3. The lowest BCUT2D eigenvalue weighted by atomic mass is 9.94. The Bertz CT molecular complexity index is 2670. The van der Waals surface area contributed by atoms with E-state index in [2.05, 4.69) is 250 Å². The van der Waals surface area contributed by atoms with Crippen molar-refractivity contribution in [3.63, 3.8) is 0 Å². The molecule has 0 aliphatic rings. The average molecular weight is 1300 g/mol. The van der Waals surface area contributed by atoms with Gasteiger partial charge in [-0.3, -0.25) is 0 Å². The molecule has 0 unspecified atom stereocenters. The Hall–Kier alpha value is -5.70. The third-order valence-electron chi connectivity index (χ3n) is 10.4. The largest absolute Gasteiger partial charge is 0.424 e. The van der Waals surface area contributed by atoms with E-state index in [1.165, 1.54) is 0 Å². The molecular formula is C69H129N15O4S2. The summed E-state index contributed by atoms with van der Waals surface area (Å²) in [5.74, 6) is 6.03. The van der Waals surface area contributed by atoms with Crippen molar-refractivity contribution in [3.05, 3.63) is 86.8 Å². The first-order chi connectivity index (χ1) is 40.5. The lowest BCUT2D eigenvalue weighted by Crippen LogP contribution is -2.26. The van der Waals surface area contributed by atoms with Crippen LogP contribution in [0.2, 0.25) is 0 Å². The summed E-state index contributed by atoms with van der Waals surface area (Å²) in [6.07, 6.45) is 12.0. The van der Waals surface area contributed by atoms with Crippen LogP contribution in [0, 0.1) is 0 Å². The number of rotatable bonds is 6. The number of allylic oxidation sites excluding steroid dienone is 6. The van der Waals surface area contributed by atoms with Crippen LogP contribution >= 0.6 is 22.7 Å². The second kappa shape index (κ2) is 39.0. The van der Waals surface area contributed by atoms with Crippen LogP contribution in [0.1, 0.15) is 338 Å². The molecule has 0 aromatic carbocycles. The fourth-order valence-electron chi connectivity index (χ4n) is 5.03. The summed E-state index contributed by atoms with van der Waals surface area (Å²) in [6, 6.07) is 0.488. The van der Waals surface area contributed by atoms with Crippen LogP contribution in [0.15, 0.2) is 54.3 Å². The summed E-state index contributed by atoms with van der Waals surface area (Å²) in [6.45, 7) is 80.6. The van der Waals surface area contributed by atoms with E-state index in [1.54, 1.807) is 22.7 Å². The predicted octanol–water partition coefficient (Wildman–Crippen LogP) is 20.9. The van der Waals surface area contributed by atoms with Gasteiger partial charge >= 0.3 is 6.01 Å². The van der Waals surface area contributed by atoms with Crippen molar-refractivity contribution >= 4 is 39.8 Å². The van der Waals surface area contributed by atoms with Gasteiger partial charge in [0.05, 0.1) is 0 Å². The summed E-state index contributed by atoms with van der Waals surface area (Å²) in [5.41, 5.74) is -0.181. The summed E-state index contributed by atoms with van der Waals surface area (Å²) in [4.78, 5) is 8.58. The highest BCUT2D eigenvalue weighted by atomic mass is 32.1. The van der Waals surface area contributed by atoms with Crippen LogP contribution in [0.3, 0.4) is 0 Å². The van der Waals surface area contributed by atoms with Crippen molar-refractivity contribution in [3.8, 4) is 0 Å². The highest BCUT2D eigenvalue weighted by Crippen LogP contribution is 2.30. The van der Waals surface area contributed by atoms with E-state index in [0.717, 1.165) is 26.0 Å². The van der Waals surface area contributed by atoms with E-state index in [4.69, 9.17) is 17.9 Å². The van der Waals surface area contributed by atoms with E-state index in [1.807, 2.05) is 133 Å². The minimum Gasteiger partial charge on any atom is -0.424 e. The second-order valence-electron chi connectivity index (χ2n) is 31.7. The number of hydrogen-bond donors (Lipinski definition) is 3. The summed E-state index contributed by atoms with van der Waals surface area (Å²) in [5, 5.41) is 54.2. The zero-order valence-electron chi connectivity index (χ0n) is 64.0. The van der Waals surface area contributed by atoms with Gasteiger partial charge in [0.2, 0.25) is 34.6 Å². The molecule has 3 N–H and O–H groups in total. The van der Waals surface area contributed by atoms with Crippen LogP contribution in [0.25, 0.3) is 0 Å². The fourth-order valence-corrected chi connectivity index (χ4v) is 6.88. The van der Waals surface area contributed by atoms with Crippen LogP contribution in [-0.2, 0) is 32.5 Å². The topological polar surface area (TPSA) is 243 Å². The number of hydrogen-bond acceptors (Lipinski definition) is 21. The van der Waals surface area contributed by atoms with Crippen LogP contribution in [-0.4, -0.2) is 77.7 Å². The van der Waals surface area contributed by atoms with Crippen molar-refractivity contribution in [2.75, 3.05) is 16.0 Å². The molecule has 90 heavy (non-hydrogen) atoms. The molecule has 0 atom stereocenters. The number of nitrogens with zero attached hydrogens (tertiary/aromatic N) is 12. The second-order valence-corrected chi connectivity index (χ2v) is 33.7. The number of nitrogens with one attached hydrogen (secondary N) is 3. The molecule has 0 saturated heterocycles. The Morgan fingerprint density at radius 1 is 0.344 bits per heavy atom. The maximum atomic E-state index is 5.59. The van der Waals surface area contributed by atoms with Crippen molar-refractivity contribution < 1.29 is 17.9 Å². The molecular weight excluding hydrogens is 1170 g/mol. The standard InChI is InChI=1S/C10H19N3O.2C10H18N2O.C9H17N3O.C9H17N3S.C9H16N2S.3C4H8/c1-9(2,3)7-12-13-8(14-7)11-10(4,5)6;1-9(2,3)7-11-12-8(13-7)10(4,5)6;1-9(2,3)7-11-8(13-12-7)10(4,5)6;1-6(2)7-10-8(12-13-7)11-9(3,4)5;1-6(2)7-11-12-8(13-7)10-9(3,4)5;1-6(2)7-10-11-8(12-7)9(3,4)5;3*1-3-4-2/h1-6H3,(H,11,13);2*1-6H3;6H,1-5H3,(H,11,12);6H,1-5H3,(H,10,12);6H,1-5H3;3*3-4H,1-2H3. The monoisotopic (exact) mass is 1300 g/mol. The normalized spacial score (nSPS) is 12.3. The molecule has 0 aliphatic carbocycles. The molecule has 516 valence electrons. The van der Waals surface area contributed by atoms with Gasteiger partial charge in [0.15, 0.2) is 5.82 Å². The van der Waals surface area contributed by atoms with Gasteiger partial charge in [-0.1, -0.05) is 224 Å². The Labute approximate surface area is 555 Å². The van der Waals surface area contributed by atoms with E-state index in [9.17, 15) is 0 Å². The SMILES string of the molecule is CC(C)(C)Nc1nnc(C(C)(C)C)o1.CC(C)(C)c1nnc(C(C)(C)C)o1.CC(C)(C)c1noc(C(C)(C)C)n1.CC(C)c1nc(NC(C)(C)C)no1.CC(C)c1nnc(C(C)(C)C)s1.CC(C)c1nnc(NC(C)(C)C)s1.CC=CC.CC=CC.CC=CC. The summed E-state index contributed by atoms with van der Waals surface area (Å²) in [7, 11) is 0. The molecule has 6 rings (SSSR count). The van der Waals surface area contributed by atoms with E-state index < -0.39 is 0 Å². The van der Waals surface area contributed by atoms with Crippen LogP contribution in [0.4, 0.5) is 17.1 Å². The van der Waals surface area contributed by atoms with Gasteiger partial charge in [0.1, 0.15) is 15.0 Å². The van der Waals surface area contributed by atoms with Crippen LogP contribution in [0.5, 0.6) is 0 Å². The van der Waals surface area contributed by atoms with Crippen molar-refractivity contribution in [1.29, 1.82) is 0 Å². The molecule has 0 saturated carbocycles. The third kappa shape index (κ3) is 41.6. The quantitative estimate of drug-likeness (QED) is 0.131. The number of aromatic nitrogens is 12. The van der Waals surface area contributed by atoms with Gasteiger partial charge in [0, 0.05) is 66.9 Å². The highest BCUT2D eigenvalue weighted by Gasteiger charge is 2.29. The third-order valence-corrected chi connectivity index (χ3v) is 13.2. The fraction of sp³-hybridized carbons (Fsp3) is 0.739. The molecule has 21 heteroatoms. The molecule has 0 fully saturated rings. The minimum absolute atomic E-state index is 0.0296. The predicted molar refractivity (Wildman–Crippen MR) is 383 cm³/mol. The van der Waals surface area contributed by atoms with E-state index in [0.29, 0.717) is 53.3 Å². The van der Waals surface area contributed by atoms with E-state index >= 15 is 0 Å². The molecule has 6 heterocycles. The number of anilines is 3. The Morgan fingerprint density at radius 3 is 0.978 bits per heavy atom. The molecule has 0 radical (unpaired) electrons. The van der Waals surface area contributed by atoms with Gasteiger partial charge < -0.3 is 33.8 Å². The lowest BCUT2D eigenvalue weighted by molar-refractivity contribution is 0.314. The van der Waals surface area contributed by atoms with Gasteiger partial charge in [-0.25, -0.2) is 0 Å². The van der Waals surface area contributed by atoms with Crippen molar-refractivity contribution in [2.24, 2.45) is 0 Å². The molecule has 0 bridgehead atoms. The Kier molecular flexibility index (Phi) is 38.3. The van der Waals surface area contributed by atoms with Gasteiger partial charge in [-0.2, -0.15) is 9.97 Å². The molecule has 0 spiro atoms. The smallest absolute Gasteiger partial charge is 0.315 e. The van der Waals surface area contributed by atoms with Crippen molar-refractivity contribution in [1.82, 2.24) is 61.1 Å². The van der Waals surface area contributed by atoms with Gasteiger partial charge in [-0.15, -0.1) is 47.0 Å². The lowest BCUT2D eigenvalue weighted by Gasteiger charge is -2.18. The zero-order chi connectivity index (χ0) is 71.3. The Balaban J connectivity index is -0.000000973. The molecule has 0 aliphatic heterocycles. The minimum atomic E-state index is -0.0924. The Morgan fingerprint density at radius 2 is 0.722 bits per heavy atom. The first-order valence-corrected chi connectivity index (χ1v) is 33.3. The molecule has 19 nitrogen and oxygen atoms in total. The maximum absolute atomic E-state index is 5.59. The molecule has 6 aromatic rings. The zero-order valence-corrected chi connectivity index (χ0v) is 65.6. The van der Waals surface area contributed by atoms with E-state index in [-0.39, 0.29) is 55.0 Å². The first-order valence-electron chi connectivity index (χ1n) is 31.6. The highest BCUT2D eigenvalue weighted by molar-refractivity contribution is 7.15. The van der Waals surface area contributed by atoms with Crippen LogP contribution < -0.4 is 16.0 Å².